The average molecular weight is 349 g/mol. The first-order chi connectivity index (χ1) is 12.7. The van der Waals surface area contributed by atoms with E-state index in [9.17, 15) is 0 Å². The van der Waals surface area contributed by atoms with Crippen molar-refractivity contribution in [1.82, 2.24) is 4.90 Å². The van der Waals surface area contributed by atoms with Gasteiger partial charge in [-0.2, -0.15) is 0 Å². The van der Waals surface area contributed by atoms with Gasteiger partial charge in [0.25, 0.3) is 0 Å². The first-order valence-electron chi connectivity index (χ1n) is 9.54. The molecule has 2 unspecified atom stereocenters. The fraction of sp³-hybridized carbons (Fsp3) is 0.391. The second kappa shape index (κ2) is 7.65. The second-order valence-corrected chi connectivity index (χ2v) is 7.50. The summed E-state index contributed by atoms with van der Waals surface area (Å²) in [5, 5.41) is 0. The van der Waals surface area contributed by atoms with E-state index < -0.39 is 0 Å². The van der Waals surface area contributed by atoms with Crippen LogP contribution >= 0.6 is 0 Å². The number of rotatable bonds is 5. The molecular formula is C23H27NO2. The first kappa shape index (κ1) is 17.3. The Balaban J connectivity index is 1.52. The van der Waals surface area contributed by atoms with E-state index in [1.807, 2.05) is 0 Å². The average Bonchev–Trinajstić information content (AvgIpc) is 2.62. The van der Waals surface area contributed by atoms with Gasteiger partial charge in [0.2, 0.25) is 0 Å². The topological polar surface area (TPSA) is 21.7 Å². The van der Waals surface area contributed by atoms with Gasteiger partial charge in [0.05, 0.1) is 25.4 Å². The van der Waals surface area contributed by atoms with Crippen molar-refractivity contribution in [1.29, 1.82) is 0 Å². The molecular weight excluding hydrogens is 322 g/mol. The van der Waals surface area contributed by atoms with E-state index in [0.29, 0.717) is 12.1 Å². The maximum atomic E-state index is 5.85. The molecule has 3 nitrogen and oxygen atoms in total. The van der Waals surface area contributed by atoms with Crippen LogP contribution in [0, 0.1) is 0 Å². The zero-order valence-electron chi connectivity index (χ0n) is 15.6. The Hall–Kier alpha value is -2.10. The number of hydrogen-bond acceptors (Lipinski definition) is 3. The van der Waals surface area contributed by atoms with E-state index in [-0.39, 0.29) is 6.10 Å². The molecule has 2 heterocycles. The molecule has 26 heavy (non-hydrogen) atoms. The number of ether oxygens (including phenoxy) is 2. The van der Waals surface area contributed by atoms with Gasteiger partial charge in [0.1, 0.15) is 5.75 Å². The molecule has 2 atom stereocenters. The predicted molar refractivity (Wildman–Crippen MR) is 105 cm³/mol. The lowest BCUT2D eigenvalue weighted by Gasteiger charge is -2.44. The van der Waals surface area contributed by atoms with Gasteiger partial charge in [0, 0.05) is 12.6 Å². The highest BCUT2D eigenvalue weighted by Crippen LogP contribution is 2.34. The summed E-state index contributed by atoms with van der Waals surface area (Å²) in [5.41, 5.74) is 4.11. The summed E-state index contributed by atoms with van der Waals surface area (Å²) in [6.45, 7) is 6.70. The molecule has 1 saturated heterocycles. The van der Waals surface area contributed by atoms with Crippen LogP contribution in [0.2, 0.25) is 0 Å². The molecule has 0 aliphatic carbocycles. The number of fused-ring (bicyclic) bond motifs is 2. The van der Waals surface area contributed by atoms with Gasteiger partial charge < -0.3 is 9.47 Å². The number of hydrogen-bond donors (Lipinski definition) is 0. The zero-order chi connectivity index (χ0) is 17.9. The van der Waals surface area contributed by atoms with Gasteiger partial charge in [-0.05, 0) is 49.1 Å². The van der Waals surface area contributed by atoms with Crippen molar-refractivity contribution in [3.05, 3.63) is 71.8 Å². The van der Waals surface area contributed by atoms with Crippen LogP contribution in [0.4, 0.5) is 0 Å². The van der Waals surface area contributed by atoms with Crippen LogP contribution in [0.25, 0.3) is 5.57 Å². The van der Waals surface area contributed by atoms with Crippen LogP contribution < -0.4 is 4.74 Å². The Bertz CT molecular complexity index is 752. The summed E-state index contributed by atoms with van der Waals surface area (Å²) in [7, 11) is 0. The molecule has 0 aromatic heterocycles. The highest BCUT2D eigenvalue weighted by molar-refractivity contribution is 5.68. The smallest absolute Gasteiger partial charge is 0.119 e. The maximum Gasteiger partial charge on any atom is 0.119 e. The molecule has 3 heteroatoms. The third-order valence-electron chi connectivity index (χ3n) is 5.15. The van der Waals surface area contributed by atoms with E-state index in [1.165, 1.54) is 16.7 Å². The fourth-order valence-electron chi connectivity index (χ4n) is 3.94. The van der Waals surface area contributed by atoms with E-state index >= 15 is 0 Å². The summed E-state index contributed by atoms with van der Waals surface area (Å²) < 4.78 is 11.6. The maximum absolute atomic E-state index is 5.85. The molecule has 0 N–H and O–H groups in total. The van der Waals surface area contributed by atoms with Crippen molar-refractivity contribution in [2.24, 2.45) is 0 Å². The number of benzene rings is 2. The lowest BCUT2D eigenvalue weighted by Crippen LogP contribution is -2.53. The largest absolute Gasteiger partial charge is 0.491 e. The van der Waals surface area contributed by atoms with Crippen LogP contribution in [0.15, 0.2) is 60.7 Å². The molecule has 0 saturated carbocycles. The SMILES string of the molecule is CC(C)Oc1ccc(C2=CC3COCC(C2)N3Cc2ccccc2)cc1. The standard InChI is InChI=1S/C23H27NO2/c1-17(2)26-23-10-8-19(9-11-23)20-12-21-15-25-16-22(13-20)24(21)14-18-6-4-3-5-7-18/h3-12,17,21-22H,13-16H2,1-2H3. The molecule has 2 aromatic rings. The van der Waals surface area contributed by atoms with Crippen molar-refractivity contribution >= 4 is 5.57 Å². The first-order valence-corrected chi connectivity index (χ1v) is 9.54. The van der Waals surface area contributed by atoms with E-state index in [2.05, 4.69) is 79.4 Å². The Morgan fingerprint density at radius 3 is 2.50 bits per heavy atom. The highest BCUT2D eigenvalue weighted by Gasteiger charge is 2.34. The molecule has 2 aliphatic heterocycles. The van der Waals surface area contributed by atoms with E-state index in [0.717, 1.165) is 31.9 Å². The molecule has 2 bridgehead atoms. The van der Waals surface area contributed by atoms with Crippen LogP contribution in [0.5, 0.6) is 5.75 Å². The Morgan fingerprint density at radius 1 is 1.04 bits per heavy atom. The summed E-state index contributed by atoms with van der Waals surface area (Å²) >= 11 is 0. The molecule has 2 aromatic carbocycles. The quantitative estimate of drug-likeness (QED) is 0.791. The van der Waals surface area contributed by atoms with Crippen molar-refractivity contribution < 1.29 is 9.47 Å². The van der Waals surface area contributed by atoms with Gasteiger partial charge in [-0.25, -0.2) is 0 Å². The normalized spacial score (nSPS) is 23.0. The van der Waals surface area contributed by atoms with E-state index in [4.69, 9.17) is 9.47 Å². The molecule has 2 aliphatic rings. The number of nitrogens with zero attached hydrogens (tertiary/aromatic N) is 1. The minimum absolute atomic E-state index is 0.206. The van der Waals surface area contributed by atoms with Gasteiger partial charge in [-0.15, -0.1) is 0 Å². The third kappa shape index (κ3) is 3.84. The monoisotopic (exact) mass is 349 g/mol. The predicted octanol–water partition coefficient (Wildman–Crippen LogP) is 4.53. The summed E-state index contributed by atoms with van der Waals surface area (Å²) in [5.74, 6) is 0.939. The van der Waals surface area contributed by atoms with Crippen molar-refractivity contribution in [3.8, 4) is 5.75 Å². The zero-order valence-corrected chi connectivity index (χ0v) is 15.6. The summed E-state index contributed by atoms with van der Waals surface area (Å²) in [6, 6.07) is 20.1. The Morgan fingerprint density at radius 2 is 1.81 bits per heavy atom. The molecule has 136 valence electrons. The molecule has 0 spiro atoms. The van der Waals surface area contributed by atoms with Gasteiger partial charge in [0.15, 0.2) is 0 Å². The molecule has 0 amide bonds. The van der Waals surface area contributed by atoms with E-state index in [1.54, 1.807) is 0 Å². The van der Waals surface area contributed by atoms with Gasteiger partial charge in [-0.1, -0.05) is 48.5 Å². The van der Waals surface area contributed by atoms with Crippen LogP contribution in [0.1, 0.15) is 31.4 Å². The Labute approximate surface area is 156 Å². The number of morpholine rings is 1. The molecule has 1 fully saturated rings. The van der Waals surface area contributed by atoms with Crippen molar-refractivity contribution in [3.63, 3.8) is 0 Å². The molecule has 0 radical (unpaired) electrons. The fourth-order valence-corrected chi connectivity index (χ4v) is 3.94. The Kier molecular flexibility index (Phi) is 5.09. The lowest BCUT2D eigenvalue weighted by molar-refractivity contribution is -0.0402. The lowest BCUT2D eigenvalue weighted by atomic mass is 9.89. The second-order valence-electron chi connectivity index (χ2n) is 7.50. The van der Waals surface area contributed by atoms with Crippen LogP contribution in [0.3, 0.4) is 0 Å². The van der Waals surface area contributed by atoms with Crippen LogP contribution in [-0.4, -0.2) is 36.3 Å². The summed E-state index contributed by atoms with van der Waals surface area (Å²) in [4.78, 5) is 2.60. The van der Waals surface area contributed by atoms with Crippen molar-refractivity contribution in [2.45, 2.75) is 45.0 Å². The van der Waals surface area contributed by atoms with Crippen molar-refractivity contribution in [2.75, 3.05) is 13.2 Å². The highest BCUT2D eigenvalue weighted by atomic mass is 16.5. The minimum Gasteiger partial charge on any atom is -0.491 e. The van der Waals surface area contributed by atoms with Gasteiger partial charge >= 0.3 is 0 Å². The minimum atomic E-state index is 0.206. The third-order valence-corrected chi connectivity index (χ3v) is 5.15. The summed E-state index contributed by atoms with van der Waals surface area (Å²) in [6.07, 6.45) is 3.64. The van der Waals surface area contributed by atoms with Gasteiger partial charge in [-0.3, -0.25) is 4.90 Å². The van der Waals surface area contributed by atoms with Crippen LogP contribution in [-0.2, 0) is 11.3 Å². The molecule has 4 rings (SSSR count).